The third kappa shape index (κ3) is 3.92. The lowest BCUT2D eigenvalue weighted by atomic mass is 10.1. The summed E-state index contributed by atoms with van der Waals surface area (Å²) >= 11 is 6.19. The number of carbonyl (C=O) groups excluding carboxylic acids is 1. The molecule has 0 N–H and O–H groups in total. The van der Waals surface area contributed by atoms with Crippen LogP contribution in [0.5, 0.6) is 0 Å². The highest BCUT2D eigenvalue weighted by molar-refractivity contribution is 7.89. The van der Waals surface area contributed by atoms with Crippen LogP contribution in [0, 0.1) is 0 Å². The van der Waals surface area contributed by atoms with Crippen LogP contribution in [-0.2, 0) is 16.6 Å². The first-order valence-corrected chi connectivity index (χ1v) is 10.3. The van der Waals surface area contributed by atoms with Crippen LogP contribution in [0.1, 0.15) is 28.8 Å². The number of hydrogen-bond donors (Lipinski definition) is 0. The van der Waals surface area contributed by atoms with E-state index in [0.717, 1.165) is 18.4 Å². The van der Waals surface area contributed by atoms with Crippen molar-refractivity contribution in [3.05, 3.63) is 64.7 Å². The minimum atomic E-state index is -3.59. The van der Waals surface area contributed by atoms with Crippen molar-refractivity contribution in [3.8, 4) is 0 Å². The first kappa shape index (κ1) is 18.9. The number of hydrogen-bond acceptors (Lipinski definition) is 3. The molecular formula is C19H21ClN2O3S. The van der Waals surface area contributed by atoms with Crippen molar-refractivity contribution in [1.82, 2.24) is 9.21 Å². The summed E-state index contributed by atoms with van der Waals surface area (Å²) in [5.41, 5.74) is 1.19. The molecule has 1 saturated heterocycles. The molecule has 0 spiro atoms. The summed E-state index contributed by atoms with van der Waals surface area (Å²) in [4.78, 5) is 14.4. The van der Waals surface area contributed by atoms with Crippen molar-refractivity contribution in [2.45, 2.75) is 24.3 Å². The van der Waals surface area contributed by atoms with Crippen LogP contribution in [-0.4, -0.2) is 43.7 Å². The van der Waals surface area contributed by atoms with Crippen molar-refractivity contribution in [2.75, 3.05) is 20.1 Å². The number of nitrogens with zero attached hydrogens (tertiary/aromatic N) is 2. The molecule has 2 aromatic rings. The quantitative estimate of drug-likeness (QED) is 0.783. The summed E-state index contributed by atoms with van der Waals surface area (Å²) in [6.07, 6.45) is 1.72. The monoisotopic (exact) mass is 392 g/mol. The lowest BCUT2D eigenvalue weighted by molar-refractivity contribution is 0.0785. The average molecular weight is 393 g/mol. The summed E-state index contributed by atoms with van der Waals surface area (Å²) in [5, 5.41) is 0.246. The molecule has 0 radical (unpaired) electrons. The van der Waals surface area contributed by atoms with Crippen LogP contribution >= 0.6 is 11.6 Å². The van der Waals surface area contributed by atoms with E-state index in [4.69, 9.17) is 11.6 Å². The van der Waals surface area contributed by atoms with Crippen LogP contribution in [0.4, 0.5) is 0 Å². The summed E-state index contributed by atoms with van der Waals surface area (Å²) in [6, 6.07) is 13.9. The average Bonchev–Trinajstić information content (AvgIpc) is 3.18. The second kappa shape index (κ2) is 7.78. The Hall–Kier alpha value is -1.89. The predicted molar refractivity (Wildman–Crippen MR) is 102 cm³/mol. The van der Waals surface area contributed by atoms with Gasteiger partial charge in [0.15, 0.2) is 0 Å². The number of rotatable bonds is 5. The van der Waals surface area contributed by atoms with Gasteiger partial charge < -0.3 is 4.90 Å². The Bertz CT molecular complexity index is 894. The SMILES string of the molecule is CN(Cc1ccccc1)C(=O)c1cc(S(=O)(=O)N2CCCC2)ccc1Cl. The zero-order chi connectivity index (χ0) is 18.7. The van der Waals surface area contributed by atoms with Crippen LogP contribution in [0.15, 0.2) is 53.4 Å². The minimum absolute atomic E-state index is 0.111. The van der Waals surface area contributed by atoms with Crippen molar-refractivity contribution in [2.24, 2.45) is 0 Å². The molecule has 0 unspecified atom stereocenters. The summed E-state index contributed by atoms with van der Waals surface area (Å²) in [7, 11) is -1.92. The number of halogens is 1. The molecule has 0 atom stereocenters. The number of sulfonamides is 1. The third-order valence-electron chi connectivity index (χ3n) is 4.48. The molecule has 138 valence electrons. The Morgan fingerprint density at radius 3 is 2.42 bits per heavy atom. The van der Waals surface area contributed by atoms with Crippen molar-refractivity contribution < 1.29 is 13.2 Å². The van der Waals surface area contributed by atoms with Gasteiger partial charge in [-0.3, -0.25) is 4.79 Å². The van der Waals surface area contributed by atoms with Crippen LogP contribution in [0.3, 0.4) is 0 Å². The van der Waals surface area contributed by atoms with Crippen LogP contribution < -0.4 is 0 Å². The molecule has 2 aromatic carbocycles. The van der Waals surface area contributed by atoms with Gasteiger partial charge in [0.1, 0.15) is 0 Å². The highest BCUT2D eigenvalue weighted by Gasteiger charge is 2.28. The van der Waals surface area contributed by atoms with Gasteiger partial charge in [-0.2, -0.15) is 4.31 Å². The van der Waals surface area contributed by atoms with E-state index < -0.39 is 10.0 Å². The van der Waals surface area contributed by atoms with E-state index in [9.17, 15) is 13.2 Å². The highest BCUT2D eigenvalue weighted by atomic mass is 35.5. The van der Waals surface area contributed by atoms with Gasteiger partial charge in [0, 0.05) is 26.7 Å². The molecule has 1 aliphatic rings. The van der Waals surface area contributed by atoms with E-state index in [0.29, 0.717) is 19.6 Å². The largest absolute Gasteiger partial charge is 0.337 e. The molecule has 0 saturated carbocycles. The van der Waals surface area contributed by atoms with E-state index in [1.54, 1.807) is 7.05 Å². The molecule has 0 aliphatic carbocycles. The Morgan fingerprint density at radius 2 is 1.77 bits per heavy atom. The zero-order valence-electron chi connectivity index (χ0n) is 14.6. The highest BCUT2D eigenvalue weighted by Crippen LogP contribution is 2.26. The van der Waals surface area contributed by atoms with E-state index in [-0.39, 0.29) is 21.4 Å². The zero-order valence-corrected chi connectivity index (χ0v) is 16.1. The molecule has 5 nitrogen and oxygen atoms in total. The number of amides is 1. The molecule has 3 rings (SSSR count). The minimum Gasteiger partial charge on any atom is -0.337 e. The van der Waals surface area contributed by atoms with Gasteiger partial charge in [-0.25, -0.2) is 8.42 Å². The molecule has 1 heterocycles. The summed E-state index contributed by atoms with van der Waals surface area (Å²) < 4.78 is 26.9. The Morgan fingerprint density at radius 1 is 1.12 bits per heavy atom. The van der Waals surface area contributed by atoms with Gasteiger partial charge in [-0.1, -0.05) is 41.9 Å². The fourth-order valence-electron chi connectivity index (χ4n) is 3.04. The first-order valence-electron chi connectivity index (χ1n) is 8.48. The second-order valence-electron chi connectivity index (χ2n) is 6.40. The third-order valence-corrected chi connectivity index (χ3v) is 6.70. The number of carbonyl (C=O) groups is 1. The first-order chi connectivity index (χ1) is 12.4. The normalized spacial score (nSPS) is 15.2. The molecule has 1 fully saturated rings. The lowest BCUT2D eigenvalue weighted by Crippen LogP contribution is -2.29. The van der Waals surface area contributed by atoms with Gasteiger partial charge in [0.2, 0.25) is 10.0 Å². The standard InChI is InChI=1S/C19H21ClN2O3S/c1-21(14-15-7-3-2-4-8-15)19(23)17-13-16(9-10-18(17)20)26(24,25)22-11-5-6-12-22/h2-4,7-10,13H,5-6,11-12,14H2,1H3. The molecule has 1 aliphatic heterocycles. The van der Waals surface area contributed by atoms with E-state index in [1.165, 1.54) is 27.4 Å². The maximum atomic E-state index is 12.8. The van der Waals surface area contributed by atoms with Gasteiger partial charge in [-0.05, 0) is 36.6 Å². The molecular weight excluding hydrogens is 372 g/mol. The molecule has 1 amide bonds. The van der Waals surface area contributed by atoms with Gasteiger partial charge in [0.05, 0.1) is 15.5 Å². The van der Waals surface area contributed by atoms with E-state index in [1.807, 2.05) is 30.3 Å². The molecule has 0 bridgehead atoms. The van der Waals surface area contributed by atoms with Gasteiger partial charge in [0.25, 0.3) is 5.91 Å². The molecule has 7 heteroatoms. The second-order valence-corrected chi connectivity index (χ2v) is 8.74. The molecule has 0 aromatic heterocycles. The van der Waals surface area contributed by atoms with Crippen molar-refractivity contribution in [1.29, 1.82) is 0 Å². The predicted octanol–water partition coefficient (Wildman–Crippen LogP) is 3.40. The van der Waals surface area contributed by atoms with Crippen molar-refractivity contribution >= 4 is 27.5 Å². The van der Waals surface area contributed by atoms with Crippen molar-refractivity contribution in [3.63, 3.8) is 0 Å². The fourth-order valence-corrected chi connectivity index (χ4v) is 4.78. The Labute approximate surface area is 159 Å². The smallest absolute Gasteiger partial charge is 0.255 e. The summed E-state index contributed by atoms with van der Waals surface area (Å²) in [5.74, 6) is -0.308. The lowest BCUT2D eigenvalue weighted by Gasteiger charge is -2.20. The van der Waals surface area contributed by atoms with E-state index >= 15 is 0 Å². The van der Waals surface area contributed by atoms with Gasteiger partial charge in [-0.15, -0.1) is 0 Å². The Kier molecular flexibility index (Phi) is 5.65. The van der Waals surface area contributed by atoms with E-state index in [2.05, 4.69) is 0 Å². The molecule has 26 heavy (non-hydrogen) atoms. The van der Waals surface area contributed by atoms with Crippen LogP contribution in [0.25, 0.3) is 0 Å². The maximum absolute atomic E-state index is 12.8. The van der Waals surface area contributed by atoms with Crippen LogP contribution in [0.2, 0.25) is 5.02 Å². The maximum Gasteiger partial charge on any atom is 0.255 e. The number of benzene rings is 2. The topological polar surface area (TPSA) is 57.7 Å². The summed E-state index contributed by atoms with van der Waals surface area (Å²) in [6.45, 7) is 1.45. The fraction of sp³-hybridized carbons (Fsp3) is 0.316. The Balaban J connectivity index is 1.86. The van der Waals surface area contributed by atoms with Gasteiger partial charge >= 0.3 is 0 Å².